The lowest BCUT2D eigenvalue weighted by atomic mass is 10.4. The Morgan fingerprint density at radius 3 is 1.93 bits per heavy atom. The van der Waals surface area contributed by atoms with Gasteiger partial charge in [-0.25, -0.2) is 14.4 Å². The number of aliphatic hydroxyl groups is 2. The summed E-state index contributed by atoms with van der Waals surface area (Å²) in [6.07, 6.45) is -2.58. The van der Waals surface area contributed by atoms with Gasteiger partial charge in [-0.3, -0.25) is 19.8 Å². The zero-order valence-corrected chi connectivity index (χ0v) is 13.8. The molecule has 27 heavy (non-hydrogen) atoms. The van der Waals surface area contributed by atoms with Crippen molar-refractivity contribution in [1.82, 2.24) is 41.7 Å². The number of amides is 8. The van der Waals surface area contributed by atoms with Crippen molar-refractivity contribution in [3.05, 3.63) is 12.4 Å². The summed E-state index contributed by atoms with van der Waals surface area (Å²) in [5.41, 5.74) is 0. The van der Waals surface area contributed by atoms with Crippen LogP contribution in [0.5, 0.6) is 0 Å². The van der Waals surface area contributed by atoms with E-state index in [9.17, 15) is 24.0 Å². The summed E-state index contributed by atoms with van der Waals surface area (Å²) in [7, 11) is 0. The largest absolute Gasteiger partial charge is 0.376 e. The predicted octanol–water partition coefficient (Wildman–Crippen LogP) is -4.45. The molecule has 2 fully saturated rings. The molecule has 0 spiro atoms. The molecule has 2 aliphatic rings. The Bertz CT molecular complexity index is 627. The second kappa shape index (κ2) is 8.19. The molecule has 2 aliphatic heterocycles. The first-order valence-corrected chi connectivity index (χ1v) is 7.46. The predicted molar refractivity (Wildman–Crippen MR) is 84.4 cm³/mol. The summed E-state index contributed by atoms with van der Waals surface area (Å²) in [5.74, 6) is -1.31. The normalized spacial score (nSPS) is 21.7. The van der Waals surface area contributed by atoms with Gasteiger partial charge in [-0.15, -0.1) is 0 Å². The first kappa shape index (κ1) is 19.7. The maximum atomic E-state index is 11.8. The lowest BCUT2D eigenvalue weighted by molar-refractivity contribution is -0.123. The van der Waals surface area contributed by atoms with Crippen LogP contribution >= 0.6 is 0 Å². The average molecular weight is 386 g/mol. The number of carbonyl (C=O) groups is 5. The van der Waals surface area contributed by atoms with E-state index in [2.05, 4.69) is 33.2 Å². The number of nitrogens with one attached hydrogen (secondary N) is 6. The fraction of sp³-hybridized carbons (Fsp3) is 0.417. The van der Waals surface area contributed by atoms with Gasteiger partial charge in [-0.1, -0.05) is 6.58 Å². The van der Waals surface area contributed by atoms with Crippen LogP contribution in [-0.4, -0.2) is 82.4 Å². The van der Waals surface area contributed by atoms with Gasteiger partial charge in [0.2, 0.25) is 0 Å². The van der Waals surface area contributed by atoms with E-state index in [0.717, 1.165) is 4.90 Å². The maximum Gasteiger partial charge on any atom is 0.328 e. The summed E-state index contributed by atoms with van der Waals surface area (Å²) in [5, 5.41) is 31.2. The van der Waals surface area contributed by atoms with Crippen LogP contribution in [0.25, 0.3) is 0 Å². The molecule has 2 heterocycles. The van der Waals surface area contributed by atoms with Crippen molar-refractivity contribution < 1.29 is 34.2 Å². The van der Waals surface area contributed by atoms with Crippen molar-refractivity contribution in [2.75, 3.05) is 20.1 Å². The van der Waals surface area contributed by atoms with E-state index in [-0.39, 0.29) is 5.82 Å². The third kappa shape index (κ3) is 4.33. The highest BCUT2D eigenvalue weighted by Crippen LogP contribution is 2.10. The first-order chi connectivity index (χ1) is 12.8. The fourth-order valence-corrected chi connectivity index (χ4v) is 2.24. The summed E-state index contributed by atoms with van der Waals surface area (Å²) < 4.78 is 0. The highest BCUT2D eigenvalue weighted by atomic mass is 16.3. The number of hydrogen-bond donors (Lipinski definition) is 8. The van der Waals surface area contributed by atoms with Crippen LogP contribution in [0.2, 0.25) is 0 Å². The molecule has 0 aromatic heterocycles. The Labute approximate surface area is 151 Å². The molecule has 2 rings (SSSR count). The van der Waals surface area contributed by atoms with Gasteiger partial charge >= 0.3 is 18.1 Å². The molecule has 2 atom stereocenters. The lowest BCUT2D eigenvalue weighted by Crippen LogP contribution is -2.55. The molecular formula is C12H18N8O7. The van der Waals surface area contributed by atoms with Gasteiger partial charge in [0.1, 0.15) is 19.3 Å². The minimum Gasteiger partial charge on any atom is -0.376 e. The zero-order chi connectivity index (χ0) is 20.1. The molecule has 0 saturated carbocycles. The van der Waals surface area contributed by atoms with Crippen LogP contribution < -0.4 is 31.9 Å². The van der Waals surface area contributed by atoms with E-state index in [1.807, 2.05) is 5.32 Å². The molecule has 2 saturated heterocycles. The number of carbonyl (C=O) groups excluding carboxylic acids is 5. The zero-order valence-electron chi connectivity index (χ0n) is 13.8. The van der Waals surface area contributed by atoms with Gasteiger partial charge < -0.3 is 41.7 Å². The van der Waals surface area contributed by atoms with Gasteiger partial charge in [0.05, 0.1) is 6.67 Å². The molecule has 0 radical (unpaired) electrons. The summed E-state index contributed by atoms with van der Waals surface area (Å²) >= 11 is 0. The lowest BCUT2D eigenvalue weighted by Gasteiger charge is -2.22. The third-order valence-corrected chi connectivity index (χ3v) is 3.56. The van der Waals surface area contributed by atoms with E-state index in [1.54, 1.807) is 0 Å². The van der Waals surface area contributed by atoms with E-state index in [1.165, 1.54) is 0 Å². The Morgan fingerprint density at radius 2 is 1.41 bits per heavy atom. The second-order valence-electron chi connectivity index (χ2n) is 5.24. The Morgan fingerprint density at radius 1 is 0.926 bits per heavy atom. The molecule has 0 bridgehead atoms. The van der Waals surface area contributed by atoms with Crippen LogP contribution in [0.4, 0.5) is 14.4 Å². The van der Waals surface area contributed by atoms with Gasteiger partial charge in [-0.05, 0) is 0 Å². The summed E-state index contributed by atoms with van der Waals surface area (Å²) in [4.78, 5) is 59.7. The molecule has 0 aliphatic carbocycles. The molecular weight excluding hydrogens is 368 g/mol. The van der Waals surface area contributed by atoms with Gasteiger partial charge in [0.25, 0.3) is 11.8 Å². The van der Waals surface area contributed by atoms with Crippen molar-refractivity contribution >= 4 is 29.9 Å². The molecule has 2 unspecified atom stereocenters. The van der Waals surface area contributed by atoms with Crippen LogP contribution in [0, 0.1) is 0 Å². The van der Waals surface area contributed by atoms with Gasteiger partial charge in [-0.2, -0.15) is 0 Å². The Hall–Kier alpha value is -3.59. The highest BCUT2D eigenvalue weighted by molar-refractivity contribution is 6.05. The standard InChI is InChI=1S/C12H18N8O7/c1-5-15-8(23)6(19(5)3-21)16-10(25)13-2-14-11(26)17-7-9(24)18-12(27)20(7)4-22/h6-7,21-22H,1-4H2,(H,15,23)(H2,13,16,25)(H2,14,17,26)(H,18,24,27). The molecule has 148 valence electrons. The molecule has 15 heteroatoms. The number of imide groups is 1. The molecule has 8 N–H and O–H groups in total. The third-order valence-electron chi connectivity index (χ3n) is 3.56. The Balaban J connectivity index is 1.75. The van der Waals surface area contributed by atoms with Crippen molar-refractivity contribution in [1.29, 1.82) is 0 Å². The minimum absolute atomic E-state index is 0.114. The van der Waals surface area contributed by atoms with Crippen LogP contribution in [-0.2, 0) is 9.59 Å². The van der Waals surface area contributed by atoms with Gasteiger partial charge in [0.15, 0.2) is 12.3 Å². The van der Waals surface area contributed by atoms with Crippen molar-refractivity contribution in [3.8, 4) is 0 Å². The molecule has 15 nitrogen and oxygen atoms in total. The quantitative estimate of drug-likeness (QED) is 0.165. The second-order valence-corrected chi connectivity index (χ2v) is 5.24. The minimum atomic E-state index is -1.40. The number of urea groups is 3. The topological polar surface area (TPSA) is 204 Å². The fourth-order valence-electron chi connectivity index (χ4n) is 2.24. The summed E-state index contributed by atoms with van der Waals surface area (Å²) in [6, 6.07) is -2.61. The molecule has 0 aromatic carbocycles. The first-order valence-electron chi connectivity index (χ1n) is 7.46. The highest BCUT2D eigenvalue weighted by Gasteiger charge is 2.39. The number of hydrogen-bond acceptors (Lipinski definition) is 8. The van der Waals surface area contributed by atoms with Crippen molar-refractivity contribution in [2.45, 2.75) is 12.3 Å². The van der Waals surface area contributed by atoms with Gasteiger partial charge in [0, 0.05) is 0 Å². The van der Waals surface area contributed by atoms with E-state index in [0.29, 0.717) is 4.90 Å². The van der Waals surface area contributed by atoms with Crippen LogP contribution in [0.3, 0.4) is 0 Å². The van der Waals surface area contributed by atoms with Crippen LogP contribution in [0.1, 0.15) is 0 Å². The smallest absolute Gasteiger partial charge is 0.328 e. The molecule has 0 aromatic rings. The van der Waals surface area contributed by atoms with Crippen molar-refractivity contribution in [2.24, 2.45) is 0 Å². The van der Waals surface area contributed by atoms with E-state index in [4.69, 9.17) is 10.2 Å². The number of aliphatic hydroxyl groups excluding tert-OH is 2. The Kier molecular flexibility index (Phi) is 5.99. The molecule has 8 amide bonds. The van der Waals surface area contributed by atoms with E-state index >= 15 is 0 Å². The number of nitrogens with zero attached hydrogens (tertiary/aromatic N) is 2. The maximum absolute atomic E-state index is 11.8. The summed E-state index contributed by atoms with van der Waals surface area (Å²) in [6.45, 7) is 1.74. The van der Waals surface area contributed by atoms with Crippen molar-refractivity contribution in [3.63, 3.8) is 0 Å². The SMILES string of the molecule is C=C1NC(=O)C(NC(=O)NCNC(=O)NC2C(=O)NC(=O)N2CO)N1CO. The van der Waals surface area contributed by atoms with E-state index < -0.39 is 62.4 Å². The monoisotopic (exact) mass is 386 g/mol. The average Bonchev–Trinajstić information content (AvgIpc) is 3.02. The van der Waals surface area contributed by atoms with Crippen LogP contribution in [0.15, 0.2) is 12.4 Å². The number of rotatable bonds is 6.